The zero-order chi connectivity index (χ0) is 22.9. The molecule has 9 nitrogen and oxygen atoms in total. The van der Waals surface area contributed by atoms with Crippen LogP contribution in [0.25, 0.3) is 27.5 Å². The molecular weight excluding hydrogens is 486 g/mol. The first-order chi connectivity index (χ1) is 15.9. The number of halogens is 1. The van der Waals surface area contributed by atoms with Crippen LogP contribution < -0.4 is 5.73 Å². The lowest BCUT2D eigenvalue weighted by molar-refractivity contribution is 0.0349. The number of aromatic nitrogens is 5. The maximum absolute atomic E-state index is 13.6. The summed E-state index contributed by atoms with van der Waals surface area (Å²) in [6, 6.07) is 7.30. The number of anilines is 1. The normalized spacial score (nSPS) is 15.9. The second-order valence-corrected chi connectivity index (χ2v) is 9.06. The van der Waals surface area contributed by atoms with Crippen LogP contribution in [0, 0.1) is 0 Å². The molecule has 0 fully saturated rings. The summed E-state index contributed by atoms with van der Waals surface area (Å²) < 4.78 is 10.4. The Hall–Kier alpha value is -3.50. The molecule has 2 N–H and O–H groups in total. The van der Waals surface area contributed by atoms with Crippen molar-refractivity contribution in [3.8, 4) is 0 Å². The largest absolute Gasteiger partial charge is 0.383 e. The van der Waals surface area contributed by atoms with Crippen molar-refractivity contribution in [2.75, 3.05) is 19.4 Å². The van der Waals surface area contributed by atoms with Crippen LogP contribution >= 0.6 is 15.9 Å². The molecule has 166 valence electrons. The number of ether oxygens (including phenoxy) is 1. The van der Waals surface area contributed by atoms with Crippen molar-refractivity contribution < 1.29 is 9.53 Å². The molecule has 1 aliphatic rings. The fourth-order valence-corrected chi connectivity index (χ4v) is 5.06. The van der Waals surface area contributed by atoms with Crippen LogP contribution in [0.5, 0.6) is 0 Å². The van der Waals surface area contributed by atoms with Gasteiger partial charge in [0.25, 0.3) is 5.91 Å². The molecule has 0 unspecified atom stereocenters. The van der Waals surface area contributed by atoms with Crippen LogP contribution in [0.4, 0.5) is 5.82 Å². The molecule has 1 atom stereocenters. The summed E-state index contributed by atoms with van der Waals surface area (Å²) in [5, 5.41) is 5.92. The molecule has 0 saturated heterocycles. The molecule has 33 heavy (non-hydrogen) atoms. The molecule has 5 heterocycles. The number of nitrogens with two attached hydrogens (primary N) is 1. The van der Waals surface area contributed by atoms with Gasteiger partial charge in [-0.05, 0) is 45.8 Å². The number of carbonyl (C=O) groups excluding carboxylic acids is 1. The van der Waals surface area contributed by atoms with Crippen molar-refractivity contribution in [3.63, 3.8) is 0 Å². The van der Waals surface area contributed by atoms with Gasteiger partial charge in [-0.3, -0.25) is 9.48 Å². The van der Waals surface area contributed by atoms with E-state index in [-0.39, 0.29) is 11.9 Å². The van der Waals surface area contributed by atoms with Crippen molar-refractivity contribution in [3.05, 3.63) is 64.1 Å². The van der Waals surface area contributed by atoms with E-state index in [1.165, 1.54) is 0 Å². The van der Waals surface area contributed by atoms with Crippen LogP contribution in [0.2, 0.25) is 0 Å². The van der Waals surface area contributed by atoms with Crippen molar-refractivity contribution in [2.45, 2.75) is 12.6 Å². The Kier molecular flexibility index (Phi) is 4.43. The summed E-state index contributed by atoms with van der Waals surface area (Å²) in [5.74, 6) is 0.324. The zero-order valence-electron chi connectivity index (χ0n) is 18.0. The zero-order valence-corrected chi connectivity index (χ0v) is 19.6. The van der Waals surface area contributed by atoms with Crippen molar-refractivity contribution >= 4 is 55.1 Å². The van der Waals surface area contributed by atoms with Gasteiger partial charge < -0.3 is 19.8 Å². The minimum Gasteiger partial charge on any atom is -0.383 e. The Balaban J connectivity index is 1.42. The predicted octanol–water partition coefficient (Wildman–Crippen LogP) is 3.46. The summed E-state index contributed by atoms with van der Waals surface area (Å²) in [6.45, 7) is 0.883. The van der Waals surface area contributed by atoms with Crippen molar-refractivity contribution in [2.24, 2.45) is 7.05 Å². The highest BCUT2D eigenvalue weighted by atomic mass is 79.9. The molecular formula is C23H20BrN7O2. The number of nitrogen functional groups attached to an aromatic ring is 1. The molecule has 1 aliphatic heterocycles. The second kappa shape index (κ2) is 7.26. The summed E-state index contributed by atoms with van der Waals surface area (Å²) in [6.07, 6.45) is 5.57. The quantitative estimate of drug-likeness (QED) is 0.394. The molecule has 10 heteroatoms. The maximum Gasteiger partial charge on any atom is 0.254 e. The Morgan fingerprint density at radius 2 is 2.12 bits per heavy atom. The fraction of sp³-hybridized carbons (Fsp3) is 0.217. The first kappa shape index (κ1) is 20.1. The maximum atomic E-state index is 13.6. The molecule has 0 aliphatic carbocycles. The van der Waals surface area contributed by atoms with E-state index in [2.05, 4.69) is 31.0 Å². The number of imidazole rings is 1. The van der Waals surface area contributed by atoms with Gasteiger partial charge in [-0.25, -0.2) is 9.97 Å². The number of amides is 1. The predicted molar refractivity (Wildman–Crippen MR) is 128 cm³/mol. The second-order valence-electron chi connectivity index (χ2n) is 8.25. The monoisotopic (exact) mass is 505 g/mol. The highest BCUT2D eigenvalue weighted by molar-refractivity contribution is 9.10. The number of carbonyl (C=O) groups is 1. The van der Waals surface area contributed by atoms with Gasteiger partial charge in [-0.15, -0.1) is 0 Å². The van der Waals surface area contributed by atoms with Crippen LogP contribution in [-0.4, -0.2) is 48.6 Å². The fourth-order valence-electron chi connectivity index (χ4n) is 4.67. The Labute approximate surface area is 196 Å². The number of likely N-dealkylation sites (N-methyl/N-ethyl adjacent to an activating group) is 1. The van der Waals surface area contributed by atoms with Crippen molar-refractivity contribution in [1.29, 1.82) is 0 Å². The number of pyridine rings is 2. The van der Waals surface area contributed by atoms with E-state index in [4.69, 9.17) is 10.5 Å². The third kappa shape index (κ3) is 3.01. The van der Waals surface area contributed by atoms with Gasteiger partial charge in [0.2, 0.25) is 0 Å². The Bertz CT molecular complexity index is 1590. The Morgan fingerprint density at radius 1 is 1.27 bits per heavy atom. The number of benzene rings is 1. The number of nitrogens with zero attached hydrogens (tertiary/aromatic N) is 6. The van der Waals surface area contributed by atoms with Gasteiger partial charge in [0, 0.05) is 43.0 Å². The standard InChI is InChI=1S/C23H20BrN7O2/c1-29(18-11-33-10-16-13(18)5-6-31-9-19(24)28-22(16)31)23(32)12-3-4-17-14(7-12)20-15(21(25)27-17)8-26-30(20)2/h3-9,18H,10-11H2,1-2H3,(H2,25,27)/t18-/m1/s1. The van der Waals surface area contributed by atoms with Gasteiger partial charge in [0.05, 0.1) is 41.9 Å². The topological polar surface area (TPSA) is 104 Å². The van der Waals surface area contributed by atoms with Crippen molar-refractivity contribution in [1.82, 2.24) is 29.0 Å². The van der Waals surface area contributed by atoms with Crippen LogP contribution in [0.1, 0.15) is 27.5 Å². The minimum absolute atomic E-state index is 0.102. The summed E-state index contributed by atoms with van der Waals surface area (Å²) in [4.78, 5) is 24.3. The van der Waals surface area contributed by atoms with Gasteiger partial charge in [0.1, 0.15) is 16.1 Å². The van der Waals surface area contributed by atoms with Gasteiger partial charge in [-0.2, -0.15) is 5.10 Å². The first-order valence-electron chi connectivity index (χ1n) is 10.4. The Morgan fingerprint density at radius 3 is 2.97 bits per heavy atom. The molecule has 0 radical (unpaired) electrons. The number of aryl methyl sites for hydroxylation is 1. The molecule has 1 aromatic carbocycles. The van der Waals surface area contributed by atoms with E-state index >= 15 is 0 Å². The molecule has 0 bridgehead atoms. The van der Waals surface area contributed by atoms with Gasteiger partial charge in [0.15, 0.2) is 0 Å². The lowest BCUT2D eigenvalue weighted by Crippen LogP contribution is -2.36. The van der Waals surface area contributed by atoms with Gasteiger partial charge in [-0.1, -0.05) is 0 Å². The average molecular weight is 506 g/mol. The van der Waals surface area contributed by atoms with E-state index in [1.54, 1.807) is 21.8 Å². The number of fused-ring (bicyclic) bond motifs is 6. The molecule has 6 rings (SSSR count). The highest BCUT2D eigenvalue weighted by Gasteiger charge is 2.30. The summed E-state index contributed by atoms with van der Waals surface area (Å²) >= 11 is 3.44. The number of rotatable bonds is 2. The molecule has 5 aromatic rings. The summed E-state index contributed by atoms with van der Waals surface area (Å²) in [7, 11) is 3.66. The molecule has 0 saturated carbocycles. The lowest BCUT2D eigenvalue weighted by atomic mass is 9.98. The molecule has 1 amide bonds. The summed E-state index contributed by atoms with van der Waals surface area (Å²) in [5.41, 5.74) is 11.1. The van der Waals surface area contributed by atoms with Crippen LogP contribution in [-0.2, 0) is 18.4 Å². The minimum atomic E-state index is -0.223. The van der Waals surface area contributed by atoms with E-state index in [1.807, 2.05) is 49.1 Å². The molecule has 4 aromatic heterocycles. The first-order valence-corrected chi connectivity index (χ1v) is 11.2. The highest BCUT2D eigenvalue weighted by Crippen LogP contribution is 2.33. The third-order valence-electron chi connectivity index (χ3n) is 6.36. The lowest BCUT2D eigenvalue weighted by Gasteiger charge is -2.33. The van der Waals surface area contributed by atoms with E-state index < -0.39 is 0 Å². The van der Waals surface area contributed by atoms with Crippen LogP contribution in [0.15, 0.2) is 47.5 Å². The van der Waals surface area contributed by atoms with Crippen LogP contribution in [0.3, 0.4) is 0 Å². The van der Waals surface area contributed by atoms with Gasteiger partial charge >= 0.3 is 0 Å². The average Bonchev–Trinajstić information content (AvgIpc) is 3.40. The van der Waals surface area contributed by atoms with E-state index in [9.17, 15) is 4.79 Å². The van der Waals surface area contributed by atoms with E-state index in [0.29, 0.717) is 24.6 Å². The SMILES string of the molecule is CN(C(=O)c1ccc2nc(N)c3cnn(C)c3c2c1)[C@@H]1COCc2c1ccn1cc(Br)nc21. The third-order valence-corrected chi connectivity index (χ3v) is 6.74. The number of hydrogen-bond acceptors (Lipinski definition) is 6. The van der Waals surface area contributed by atoms with E-state index in [0.717, 1.165) is 43.2 Å². The molecule has 0 spiro atoms. The number of hydrogen-bond donors (Lipinski definition) is 1. The smallest absolute Gasteiger partial charge is 0.254 e.